The third-order valence-electron chi connectivity index (χ3n) is 3.95. The van der Waals surface area contributed by atoms with Gasteiger partial charge in [0.2, 0.25) is 5.91 Å². The molecule has 0 aliphatic carbocycles. The van der Waals surface area contributed by atoms with Gasteiger partial charge in [0, 0.05) is 11.6 Å². The van der Waals surface area contributed by atoms with Gasteiger partial charge in [0.15, 0.2) is 6.10 Å². The summed E-state index contributed by atoms with van der Waals surface area (Å²) in [4.78, 5) is 26.5. The highest BCUT2D eigenvalue weighted by atomic mass is 35.5. The quantitative estimate of drug-likeness (QED) is 0.687. The van der Waals surface area contributed by atoms with Crippen LogP contribution >= 0.6 is 23.2 Å². The average Bonchev–Trinajstić information content (AvgIpc) is 2.68. The van der Waals surface area contributed by atoms with E-state index in [0.29, 0.717) is 33.8 Å². The van der Waals surface area contributed by atoms with Crippen LogP contribution in [0.5, 0.6) is 11.5 Å². The fraction of sp³-hybridized carbons (Fsp3) is 0.300. The first kappa shape index (κ1) is 21.9. The van der Waals surface area contributed by atoms with Gasteiger partial charge in [-0.3, -0.25) is 9.59 Å². The van der Waals surface area contributed by atoms with E-state index in [4.69, 9.17) is 32.7 Å². The Labute approximate surface area is 174 Å². The predicted octanol–water partition coefficient (Wildman–Crippen LogP) is 4.26. The number of carbonyl (C=O) groups excluding carboxylic acids is 2. The predicted molar refractivity (Wildman–Crippen MR) is 110 cm³/mol. The Morgan fingerprint density at radius 3 is 2.50 bits per heavy atom. The standard InChI is InChI=1S/C20H22Cl2N2O4/c1-4-24(12-19(25)23-16-7-5-6-8-18(16)27-3)20(26)13(2)28-17-10-9-14(21)11-15(17)22/h5-11,13H,4,12H2,1-3H3,(H,23,25). The van der Waals surface area contributed by atoms with Crippen molar-refractivity contribution >= 4 is 40.7 Å². The molecule has 1 N–H and O–H groups in total. The second kappa shape index (κ2) is 10.2. The maximum Gasteiger partial charge on any atom is 0.263 e. The normalized spacial score (nSPS) is 11.5. The number of benzene rings is 2. The molecule has 0 saturated carbocycles. The molecular formula is C20H22Cl2N2O4. The van der Waals surface area contributed by atoms with E-state index in [1.807, 2.05) is 0 Å². The fourth-order valence-corrected chi connectivity index (χ4v) is 2.98. The van der Waals surface area contributed by atoms with Crippen LogP contribution in [0, 0.1) is 0 Å². The molecule has 1 unspecified atom stereocenters. The van der Waals surface area contributed by atoms with Crippen LogP contribution in [0.1, 0.15) is 13.8 Å². The van der Waals surface area contributed by atoms with Gasteiger partial charge in [-0.1, -0.05) is 35.3 Å². The number of likely N-dealkylation sites (N-methyl/N-ethyl adjacent to an activating group) is 1. The van der Waals surface area contributed by atoms with Gasteiger partial charge in [-0.25, -0.2) is 0 Å². The second-order valence-corrected chi connectivity index (χ2v) is 6.78. The number of methoxy groups -OCH3 is 1. The van der Waals surface area contributed by atoms with E-state index in [1.54, 1.807) is 50.2 Å². The van der Waals surface area contributed by atoms with Gasteiger partial charge >= 0.3 is 0 Å². The first-order chi connectivity index (χ1) is 13.3. The van der Waals surface area contributed by atoms with Crippen LogP contribution in [0.4, 0.5) is 5.69 Å². The number of halogens is 2. The Hall–Kier alpha value is -2.44. The van der Waals surface area contributed by atoms with Crippen LogP contribution < -0.4 is 14.8 Å². The molecule has 8 heteroatoms. The number of hydrogen-bond acceptors (Lipinski definition) is 4. The molecule has 0 aromatic heterocycles. The summed E-state index contributed by atoms with van der Waals surface area (Å²) in [5, 5.41) is 3.53. The molecule has 0 spiro atoms. The minimum atomic E-state index is -0.822. The maximum absolute atomic E-state index is 12.7. The molecule has 0 aliphatic rings. The summed E-state index contributed by atoms with van der Waals surface area (Å²) in [6, 6.07) is 11.8. The Kier molecular flexibility index (Phi) is 7.96. The topological polar surface area (TPSA) is 67.9 Å². The number of amides is 2. The number of nitrogens with zero attached hydrogens (tertiary/aromatic N) is 1. The summed E-state index contributed by atoms with van der Waals surface area (Å²) in [5.74, 6) is 0.223. The Balaban J connectivity index is 2.00. The number of anilines is 1. The SMILES string of the molecule is CCN(CC(=O)Nc1ccccc1OC)C(=O)C(C)Oc1ccc(Cl)cc1Cl. The van der Waals surface area contributed by atoms with Crippen LogP contribution in [0.15, 0.2) is 42.5 Å². The van der Waals surface area contributed by atoms with Crippen molar-refractivity contribution in [2.45, 2.75) is 20.0 Å². The lowest BCUT2D eigenvalue weighted by Crippen LogP contribution is -2.44. The van der Waals surface area contributed by atoms with Crippen molar-refractivity contribution in [3.8, 4) is 11.5 Å². The van der Waals surface area contributed by atoms with Crippen molar-refractivity contribution in [2.75, 3.05) is 25.5 Å². The maximum atomic E-state index is 12.7. The molecule has 6 nitrogen and oxygen atoms in total. The lowest BCUT2D eigenvalue weighted by Gasteiger charge is -2.24. The summed E-state index contributed by atoms with van der Waals surface area (Å²) in [5.41, 5.74) is 0.538. The molecule has 2 aromatic carbocycles. The first-order valence-corrected chi connectivity index (χ1v) is 9.44. The number of para-hydroxylation sites is 2. The van der Waals surface area contributed by atoms with Crippen LogP contribution in [0.3, 0.4) is 0 Å². The number of hydrogen-bond donors (Lipinski definition) is 1. The monoisotopic (exact) mass is 424 g/mol. The zero-order chi connectivity index (χ0) is 20.7. The smallest absolute Gasteiger partial charge is 0.263 e. The molecule has 1 atom stereocenters. The van der Waals surface area contributed by atoms with E-state index in [-0.39, 0.29) is 18.4 Å². The van der Waals surface area contributed by atoms with Crippen molar-refractivity contribution in [1.29, 1.82) is 0 Å². The van der Waals surface area contributed by atoms with Crippen molar-refractivity contribution in [1.82, 2.24) is 4.90 Å². The van der Waals surface area contributed by atoms with Crippen molar-refractivity contribution < 1.29 is 19.1 Å². The minimum Gasteiger partial charge on any atom is -0.495 e. The lowest BCUT2D eigenvalue weighted by atomic mass is 10.2. The molecular weight excluding hydrogens is 403 g/mol. The largest absolute Gasteiger partial charge is 0.495 e. The molecule has 2 amide bonds. The number of ether oxygens (including phenoxy) is 2. The minimum absolute atomic E-state index is 0.116. The van der Waals surface area contributed by atoms with Gasteiger partial charge in [-0.15, -0.1) is 0 Å². The number of nitrogens with one attached hydrogen (secondary N) is 1. The highest BCUT2D eigenvalue weighted by Crippen LogP contribution is 2.28. The van der Waals surface area contributed by atoms with Crippen molar-refractivity contribution in [2.24, 2.45) is 0 Å². The number of rotatable bonds is 8. The Bertz CT molecular complexity index is 845. The summed E-state index contributed by atoms with van der Waals surface area (Å²) in [6.07, 6.45) is -0.822. The average molecular weight is 425 g/mol. The molecule has 0 radical (unpaired) electrons. The van der Waals surface area contributed by atoms with Crippen molar-refractivity contribution in [3.05, 3.63) is 52.5 Å². The van der Waals surface area contributed by atoms with E-state index in [0.717, 1.165) is 0 Å². The van der Waals surface area contributed by atoms with Gasteiger partial charge < -0.3 is 19.7 Å². The van der Waals surface area contributed by atoms with Crippen molar-refractivity contribution in [3.63, 3.8) is 0 Å². The third kappa shape index (κ3) is 5.78. The molecule has 0 aliphatic heterocycles. The van der Waals surface area contributed by atoms with E-state index in [9.17, 15) is 9.59 Å². The molecule has 0 heterocycles. The fourth-order valence-electron chi connectivity index (χ4n) is 2.53. The summed E-state index contributed by atoms with van der Waals surface area (Å²) in [6.45, 7) is 3.62. The number of carbonyl (C=O) groups is 2. The van der Waals surface area contributed by atoms with Crippen LogP contribution in [-0.4, -0.2) is 43.0 Å². The molecule has 28 heavy (non-hydrogen) atoms. The zero-order valence-electron chi connectivity index (χ0n) is 15.9. The Morgan fingerprint density at radius 1 is 1.14 bits per heavy atom. The van der Waals surface area contributed by atoms with Crippen LogP contribution in [0.25, 0.3) is 0 Å². The molecule has 0 bridgehead atoms. The molecule has 2 aromatic rings. The summed E-state index contributed by atoms with van der Waals surface area (Å²) >= 11 is 12.0. The van der Waals surface area contributed by atoms with E-state index in [1.165, 1.54) is 18.1 Å². The van der Waals surface area contributed by atoms with Crippen LogP contribution in [-0.2, 0) is 9.59 Å². The first-order valence-electron chi connectivity index (χ1n) is 8.69. The summed E-state index contributed by atoms with van der Waals surface area (Å²) < 4.78 is 10.9. The van der Waals surface area contributed by atoms with Gasteiger partial charge in [0.1, 0.15) is 11.5 Å². The highest BCUT2D eigenvalue weighted by Gasteiger charge is 2.24. The zero-order valence-corrected chi connectivity index (χ0v) is 17.4. The molecule has 150 valence electrons. The van der Waals surface area contributed by atoms with Gasteiger partial charge in [0.25, 0.3) is 5.91 Å². The molecule has 0 saturated heterocycles. The van der Waals surface area contributed by atoms with E-state index >= 15 is 0 Å². The second-order valence-electron chi connectivity index (χ2n) is 5.94. The van der Waals surface area contributed by atoms with Gasteiger partial charge in [-0.2, -0.15) is 0 Å². The summed E-state index contributed by atoms with van der Waals surface area (Å²) in [7, 11) is 1.52. The van der Waals surface area contributed by atoms with E-state index < -0.39 is 6.10 Å². The molecule has 2 rings (SSSR count). The molecule has 0 fully saturated rings. The van der Waals surface area contributed by atoms with E-state index in [2.05, 4.69) is 5.32 Å². The van der Waals surface area contributed by atoms with Gasteiger partial charge in [-0.05, 0) is 44.2 Å². The van der Waals surface area contributed by atoms with Gasteiger partial charge in [0.05, 0.1) is 24.4 Å². The highest BCUT2D eigenvalue weighted by molar-refractivity contribution is 6.35. The Morgan fingerprint density at radius 2 is 1.86 bits per heavy atom. The van der Waals surface area contributed by atoms with Crippen LogP contribution in [0.2, 0.25) is 10.0 Å². The third-order valence-corrected chi connectivity index (χ3v) is 4.48. The lowest BCUT2D eigenvalue weighted by molar-refractivity contribution is -0.140.